The molecule has 8 heteroatoms. The summed E-state index contributed by atoms with van der Waals surface area (Å²) >= 11 is 4.96. The molecule has 0 aromatic rings. The minimum absolute atomic E-state index is 0.120. The molecule has 3 rings (SSSR count). The van der Waals surface area contributed by atoms with Crippen molar-refractivity contribution in [3.63, 3.8) is 0 Å². The number of fused-ring (bicyclic) bond motifs is 1. The summed E-state index contributed by atoms with van der Waals surface area (Å²) in [7, 11) is 0. The van der Waals surface area contributed by atoms with Crippen LogP contribution in [0.2, 0.25) is 0 Å². The zero-order chi connectivity index (χ0) is 15.1. The highest BCUT2D eigenvalue weighted by Gasteiger charge is 2.57. The Morgan fingerprint density at radius 2 is 2.10 bits per heavy atom. The fourth-order valence-electron chi connectivity index (χ4n) is 2.78. The number of carboxylic acid groups (broad SMARTS) is 1. The van der Waals surface area contributed by atoms with Crippen molar-refractivity contribution < 1.29 is 19.8 Å². The van der Waals surface area contributed by atoms with E-state index in [0.29, 0.717) is 5.25 Å². The molecular weight excluding hydrogens is 330 g/mol. The molecule has 0 spiro atoms. The highest BCUT2D eigenvalue weighted by molar-refractivity contribution is 8.23. The first kappa shape index (κ1) is 15.6. The van der Waals surface area contributed by atoms with Crippen molar-refractivity contribution in [2.45, 2.75) is 36.5 Å². The van der Waals surface area contributed by atoms with E-state index in [2.05, 4.69) is 0 Å². The summed E-state index contributed by atoms with van der Waals surface area (Å²) in [5.74, 6) is 0.426. The van der Waals surface area contributed by atoms with Crippen LogP contribution in [0.25, 0.3) is 0 Å². The molecule has 1 unspecified atom stereocenters. The van der Waals surface area contributed by atoms with E-state index < -0.39 is 18.0 Å². The van der Waals surface area contributed by atoms with E-state index in [-0.39, 0.29) is 17.0 Å². The van der Waals surface area contributed by atoms with Gasteiger partial charge in [0.2, 0.25) is 5.91 Å². The fourth-order valence-corrected chi connectivity index (χ4v) is 7.50. The number of amides is 1. The van der Waals surface area contributed by atoms with E-state index in [1.165, 1.54) is 16.7 Å². The molecule has 0 radical (unpaired) electrons. The molecule has 3 heterocycles. The zero-order valence-corrected chi connectivity index (χ0v) is 14.0. The Balaban J connectivity index is 1.79. The van der Waals surface area contributed by atoms with Gasteiger partial charge in [0.1, 0.15) is 5.37 Å². The average molecular weight is 347 g/mol. The van der Waals surface area contributed by atoms with Crippen LogP contribution in [-0.4, -0.2) is 55.2 Å². The number of carbonyl (C=O) groups excluding carboxylic acids is 1. The lowest BCUT2D eigenvalue weighted by Crippen LogP contribution is -2.60. The number of hydrogen-bond acceptors (Lipinski definition) is 6. The molecule has 3 atom stereocenters. The Hall–Kier alpha value is -0.310. The molecule has 3 aliphatic rings. The van der Waals surface area contributed by atoms with Gasteiger partial charge in [0.05, 0.1) is 16.3 Å². The topological polar surface area (TPSA) is 77.8 Å². The van der Waals surface area contributed by atoms with Crippen LogP contribution in [0.5, 0.6) is 0 Å². The first-order chi connectivity index (χ1) is 10.0. The number of carboxylic acids is 1. The van der Waals surface area contributed by atoms with Crippen molar-refractivity contribution in [1.82, 2.24) is 4.90 Å². The summed E-state index contributed by atoms with van der Waals surface area (Å²) in [5, 5.41) is 19.3. The quantitative estimate of drug-likeness (QED) is 0.751. The summed E-state index contributed by atoms with van der Waals surface area (Å²) in [6, 6.07) is 0. The van der Waals surface area contributed by atoms with Crippen LogP contribution >= 0.6 is 35.3 Å². The number of carbonyl (C=O) groups is 2. The summed E-state index contributed by atoms with van der Waals surface area (Å²) in [5.41, 5.74) is 0.120. The molecule has 5 nitrogen and oxygen atoms in total. The van der Waals surface area contributed by atoms with Crippen LogP contribution in [0.1, 0.15) is 19.8 Å². The van der Waals surface area contributed by atoms with Crippen LogP contribution < -0.4 is 0 Å². The van der Waals surface area contributed by atoms with Crippen molar-refractivity contribution in [3.8, 4) is 0 Å². The van der Waals surface area contributed by atoms with E-state index in [9.17, 15) is 19.8 Å². The number of nitrogens with zero attached hydrogens (tertiary/aromatic N) is 1. The van der Waals surface area contributed by atoms with Crippen molar-refractivity contribution in [2.24, 2.45) is 5.92 Å². The second-order valence-electron chi connectivity index (χ2n) is 5.35. The summed E-state index contributed by atoms with van der Waals surface area (Å²) in [4.78, 5) is 25.0. The van der Waals surface area contributed by atoms with Crippen LogP contribution in [0.4, 0.5) is 0 Å². The van der Waals surface area contributed by atoms with Crippen molar-refractivity contribution >= 4 is 47.2 Å². The maximum absolute atomic E-state index is 12.1. The monoisotopic (exact) mass is 347 g/mol. The highest BCUT2D eigenvalue weighted by atomic mass is 32.2. The van der Waals surface area contributed by atoms with E-state index >= 15 is 0 Å². The van der Waals surface area contributed by atoms with Gasteiger partial charge in [-0.25, -0.2) is 4.79 Å². The average Bonchev–Trinajstić information content (AvgIpc) is 2.74. The number of rotatable bonds is 4. The first-order valence-corrected chi connectivity index (χ1v) is 9.82. The Kier molecular flexibility index (Phi) is 4.50. The molecule has 21 heavy (non-hydrogen) atoms. The molecular formula is C13H17NO4S3. The number of aliphatic hydroxyl groups is 1. The standard InChI is InChI=1S/C13H17NO4S3/c1-6(15)8-10(16)14-9(12(17)18)13(21-11(8)14)20-7-2-4-19-5-3-7/h6-8,11,15H,2-5H2,1H3,(H,17,18)/t6-,8?,11+/m1/s1. The molecule has 116 valence electrons. The lowest BCUT2D eigenvalue weighted by atomic mass is 9.92. The van der Waals surface area contributed by atoms with Crippen molar-refractivity contribution in [1.29, 1.82) is 0 Å². The van der Waals surface area contributed by atoms with Gasteiger partial charge in [0, 0.05) is 5.25 Å². The Morgan fingerprint density at radius 3 is 2.67 bits per heavy atom. The second kappa shape index (κ2) is 6.06. The number of β-lactam (4-membered cyclic amide) rings is 1. The molecule has 2 fully saturated rings. The van der Waals surface area contributed by atoms with Crippen molar-refractivity contribution in [3.05, 3.63) is 9.93 Å². The SMILES string of the molecule is C[C@@H](O)C1C(=O)N2C(C(=O)O)=C(SC3CCSCC3)S[C@@H]12. The van der Waals surface area contributed by atoms with Gasteiger partial charge >= 0.3 is 5.97 Å². The minimum atomic E-state index is -1.05. The van der Waals surface area contributed by atoms with Gasteiger partial charge in [-0.3, -0.25) is 9.69 Å². The van der Waals surface area contributed by atoms with E-state index in [1.807, 2.05) is 11.8 Å². The molecule has 3 aliphatic heterocycles. The van der Waals surface area contributed by atoms with E-state index in [4.69, 9.17) is 0 Å². The molecule has 2 saturated heterocycles. The van der Waals surface area contributed by atoms with Gasteiger partial charge in [-0.15, -0.1) is 11.8 Å². The van der Waals surface area contributed by atoms with Gasteiger partial charge in [0.15, 0.2) is 5.70 Å². The summed E-state index contributed by atoms with van der Waals surface area (Å²) in [6.07, 6.45) is 1.41. The molecule has 0 aromatic carbocycles. The number of thioether (sulfide) groups is 3. The van der Waals surface area contributed by atoms with Gasteiger partial charge < -0.3 is 10.2 Å². The second-order valence-corrected chi connectivity index (χ2v) is 9.27. The third-order valence-corrected chi connectivity index (χ3v) is 7.90. The Labute approximate surface area is 135 Å². The van der Waals surface area contributed by atoms with Gasteiger partial charge in [-0.2, -0.15) is 11.8 Å². The third-order valence-electron chi connectivity index (χ3n) is 3.91. The van der Waals surface area contributed by atoms with Crippen molar-refractivity contribution in [2.75, 3.05) is 11.5 Å². The third kappa shape index (κ3) is 2.71. The van der Waals surface area contributed by atoms with Crippen LogP contribution in [0, 0.1) is 5.92 Å². The molecule has 1 amide bonds. The lowest BCUT2D eigenvalue weighted by Gasteiger charge is -2.43. The molecule has 0 bridgehead atoms. The first-order valence-electron chi connectivity index (χ1n) is 6.90. The highest BCUT2D eigenvalue weighted by Crippen LogP contribution is 2.55. The fraction of sp³-hybridized carbons (Fsp3) is 0.692. The van der Waals surface area contributed by atoms with E-state index in [0.717, 1.165) is 28.6 Å². The van der Waals surface area contributed by atoms with Crippen LogP contribution in [0.3, 0.4) is 0 Å². The Morgan fingerprint density at radius 1 is 1.43 bits per heavy atom. The number of aliphatic carboxylic acids is 1. The van der Waals surface area contributed by atoms with Gasteiger partial charge in [0.25, 0.3) is 0 Å². The summed E-state index contributed by atoms with van der Waals surface area (Å²) < 4.78 is 0.737. The zero-order valence-electron chi connectivity index (χ0n) is 11.5. The predicted octanol–water partition coefficient (Wildman–Crippen LogP) is 1.78. The number of hydrogen-bond donors (Lipinski definition) is 2. The molecule has 0 aromatic heterocycles. The predicted molar refractivity (Wildman–Crippen MR) is 86.0 cm³/mol. The maximum Gasteiger partial charge on any atom is 0.354 e. The van der Waals surface area contributed by atoms with Gasteiger partial charge in [-0.1, -0.05) is 11.8 Å². The maximum atomic E-state index is 12.1. The molecule has 0 saturated carbocycles. The van der Waals surface area contributed by atoms with Gasteiger partial charge in [-0.05, 0) is 31.3 Å². The molecule has 0 aliphatic carbocycles. The van der Waals surface area contributed by atoms with E-state index in [1.54, 1.807) is 18.7 Å². The minimum Gasteiger partial charge on any atom is -0.477 e. The lowest BCUT2D eigenvalue weighted by molar-refractivity contribution is -0.156. The largest absolute Gasteiger partial charge is 0.477 e. The normalized spacial score (nSPS) is 31.1. The smallest absolute Gasteiger partial charge is 0.354 e. The number of aliphatic hydroxyl groups excluding tert-OH is 1. The summed E-state index contributed by atoms with van der Waals surface area (Å²) in [6.45, 7) is 1.59. The molecule has 2 N–H and O–H groups in total. The van der Waals surface area contributed by atoms with Crippen LogP contribution in [0.15, 0.2) is 9.93 Å². The Bertz CT molecular complexity index is 502. The van der Waals surface area contributed by atoms with Crippen LogP contribution in [-0.2, 0) is 9.59 Å².